The molecule has 0 aliphatic rings. The van der Waals surface area contributed by atoms with Gasteiger partial charge in [0.05, 0.1) is 5.69 Å². The van der Waals surface area contributed by atoms with E-state index in [9.17, 15) is 4.79 Å². The number of carbonyl (C=O) groups excluding carboxylic acids is 1. The normalized spacial score (nSPS) is 10.6. The van der Waals surface area contributed by atoms with Gasteiger partial charge < -0.3 is 5.01 Å². The standard InChI is InChI=1S/C14H22N2O/c1-12(2)14(17)10-7-11-15-16(3)13-8-5-4-6-9-13/h4-6,8-9,12,15H,7,10-11H2,1-3H3. The lowest BCUT2D eigenvalue weighted by Gasteiger charge is -2.20. The zero-order chi connectivity index (χ0) is 12.7. The van der Waals surface area contributed by atoms with E-state index in [2.05, 4.69) is 5.43 Å². The molecule has 0 unspecified atom stereocenters. The van der Waals surface area contributed by atoms with Crippen molar-refractivity contribution in [1.82, 2.24) is 5.43 Å². The van der Waals surface area contributed by atoms with E-state index in [0.29, 0.717) is 12.2 Å². The van der Waals surface area contributed by atoms with E-state index in [0.717, 1.165) is 18.7 Å². The van der Waals surface area contributed by atoms with E-state index in [1.54, 1.807) is 0 Å². The third-order valence-electron chi connectivity index (χ3n) is 2.74. The fourth-order valence-corrected chi connectivity index (χ4v) is 1.54. The Hall–Kier alpha value is -1.35. The van der Waals surface area contributed by atoms with Crippen molar-refractivity contribution in [2.24, 2.45) is 5.92 Å². The Kier molecular flexibility index (Phi) is 5.70. The smallest absolute Gasteiger partial charge is 0.135 e. The monoisotopic (exact) mass is 234 g/mol. The van der Waals surface area contributed by atoms with Crippen molar-refractivity contribution in [3.8, 4) is 0 Å². The first-order chi connectivity index (χ1) is 8.11. The maximum absolute atomic E-state index is 11.4. The molecule has 0 aromatic heterocycles. The fourth-order valence-electron chi connectivity index (χ4n) is 1.54. The van der Waals surface area contributed by atoms with E-state index in [4.69, 9.17) is 0 Å². The molecule has 1 rings (SSSR count). The van der Waals surface area contributed by atoms with Gasteiger partial charge in [0.15, 0.2) is 0 Å². The molecule has 0 amide bonds. The number of nitrogens with zero attached hydrogens (tertiary/aromatic N) is 1. The lowest BCUT2D eigenvalue weighted by Crippen LogP contribution is -2.35. The minimum atomic E-state index is 0.154. The second-order valence-electron chi connectivity index (χ2n) is 4.53. The summed E-state index contributed by atoms with van der Waals surface area (Å²) in [4.78, 5) is 11.4. The van der Waals surface area contributed by atoms with E-state index >= 15 is 0 Å². The highest BCUT2D eigenvalue weighted by Crippen LogP contribution is 2.08. The predicted octanol–water partition coefficient (Wildman–Crippen LogP) is 2.63. The van der Waals surface area contributed by atoms with E-state index in [-0.39, 0.29) is 5.92 Å². The van der Waals surface area contributed by atoms with Crippen LogP contribution in [0.15, 0.2) is 30.3 Å². The van der Waals surface area contributed by atoms with Crippen LogP contribution in [0.2, 0.25) is 0 Å². The molecule has 3 heteroatoms. The van der Waals surface area contributed by atoms with Gasteiger partial charge in [0.1, 0.15) is 5.78 Å². The molecular formula is C14H22N2O. The van der Waals surface area contributed by atoms with E-state index in [1.807, 2.05) is 56.2 Å². The highest BCUT2D eigenvalue weighted by Gasteiger charge is 2.06. The zero-order valence-corrected chi connectivity index (χ0v) is 10.9. The molecule has 1 aromatic carbocycles. The first-order valence-corrected chi connectivity index (χ1v) is 6.16. The summed E-state index contributed by atoms with van der Waals surface area (Å²) in [5, 5.41) is 1.99. The molecule has 3 nitrogen and oxygen atoms in total. The number of hydrazine groups is 1. The number of hydrogen-bond donors (Lipinski definition) is 1. The van der Waals surface area contributed by atoms with E-state index in [1.165, 1.54) is 0 Å². The molecule has 0 atom stereocenters. The number of rotatable bonds is 7. The van der Waals surface area contributed by atoms with Crippen molar-refractivity contribution in [3.05, 3.63) is 30.3 Å². The SMILES string of the molecule is CC(C)C(=O)CCCNN(C)c1ccccc1. The van der Waals surface area contributed by atoms with Crippen molar-refractivity contribution >= 4 is 11.5 Å². The number of benzene rings is 1. The van der Waals surface area contributed by atoms with E-state index < -0.39 is 0 Å². The number of hydrogen-bond acceptors (Lipinski definition) is 3. The lowest BCUT2D eigenvalue weighted by molar-refractivity contribution is -0.121. The Morgan fingerprint density at radius 2 is 1.94 bits per heavy atom. The molecule has 0 saturated carbocycles. The van der Waals surface area contributed by atoms with Gasteiger partial charge in [-0.25, -0.2) is 5.43 Å². The van der Waals surface area contributed by atoms with Crippen LogP contribution in [-0.2, 0) is 4.79 Å². The molecule has 0 aliphatic carbocycles. The Balaban J connectivity index is 2.21. The highest BCUT2D eigenvalue weighted by atomic mass is 16.1. The average Bonchev–Trinajstić information content (AvgIpc) is 2.35. The number of Topliss-reactive ketones (excluding diaryl/α,β-unsaturated/α-hetero) is 1. The number of para-hydroxylation sites is 1. The third-order valence-corrected chi connectivity index (χ3v) is 2.74. The molecule has 1 N–H and O–H groups in total. The van der Waals surface area contributed by atoms with Gasteiger partial charge in [0.25, 0.3) is 0 Å². The molecule has 0 heterocycles. The number of anilines is 1. The minimum Gasteiger partial charge on any atom is -0.312 e. The predicted molar refractivity (Wildman–Crippen MR) is 71.9 cm³/mol. The molecule has 0 fully saturated rings. The van der Waals surface area contributed by atoms with Crippen molar-refractivity contribution in [2.75, 3.05) is 18.6 Å². The molecule has 0 saturated heterocycles. The second kappa shape index (κ2) is 7.07. The van der Waals surface area contributed by atoms with Gasteiger partial charge in [0.2, 0.25) is 0 Å². The molecule has 0 aliphatic heterocycles. The van der Waals surface area contributed by atoms with Crippen molar-refractivity contribution in [3.63, 3.8) is 0 Å². The van der Waals surface area contributed by atoms with Crippen LogP contribution in [0.3, 0.4) is 0 Å². The van der Waals surface area contributed by atoms with Gasteiger partial charge in [-0.15, -0.1) is 0 Å². The number of carbonyl (C=O) groups is 1. The summed E-state index contributed by atoms with van der Waals surface area (Å²) >= 11 is 0. The van der Waals surface area contributed by atoms with Gasteiger partial charge in [-0.1, -0.05) is 32.0 Å². The van der Waals surface area contributed by atoms with Crippen LogP contribution in [-0.4, -0.2) is 19.4 Å². The molecule has 17 heavy (non-hydrogen) atoms. The number of nitrogens with one attached hydrogen (secondary N) is 1. The zero-order valence-electron chi connectivity index (χ0n) is 10.9. The lowest BCUT2D eigenvalue weighted by atomic mass is 10.1. The molecule has 0 bridgehead atoms. The summed E-state index contributed by atoms with van der Waals surface area (Å²) in [5.74, 6) is 0.496. The Morgan fingerprint density at radius 1 is 1.29 bits per heavy atom. The average molecular weight is 234 g/mol. The summed E-state index contributed by atoms with van der Waals surface area (Å²) in [6.45, 7) is 4.72. The minimum absolute atomic E-state index is 0.154. The van der Waals surface area contributed by atoms with Crippen LogP contribution < -0.4 is 10.4 Å². The van der Waals surface area contributed by atoms with Gasteiger partial charge in [0, 0.05) is 25.9 Å². The van der Waals surface area contributed by atoms with Gasteiger partial charge in [-0.05, 0) is 18.6 Å². The van der Waals surface area contributed by atoms with Crippen LogP contribution in [0, 0.1) is 5.92 Å². The van der Waals surface area contributed by atoms with Crippen LogP contribution >= 0.6 is 0 Å². The first-order valence-electron chi connectivity index (χ1n) is 6.16. The molecular weight excluding hydrogens is 212 g/mol. The van der Waals surface area contributed by atoms with Crippen molar-refractivity contribution in [2.45, 2.75) is 26.7 Å². The second-order valence-corrected chi connectivity index (χ2v) is 4.53. The van der Waals surface area contributed by atoms with Crippen molar-refractivity contribution < 1.29 is 4.79 Å². The fraction of sp³-hybridized carbons (Fsp3) is 0.500. The molecule has 1 aromatic rings. The van der Waals surface area contributed by atoms with Gasteiger partial charge >= 0.3 is 0 Å². The van der Waals surface area contributed by atoms with Crippen LogP contribution in [0.25, 0.3) is 0 Å². The Bertz CT molecular complexity index is 335. The topological polar surface area (TPSA) is 32.3 Å². The highest BCUT2D eigenvalue weighted by molar-refractivity contribution is 5.80. The van der Waals surface area contributed by atoms with Crippen molar-refractivity contribution in [1.29, 1.82) is 0 Å². The van der Waals surface area contributed by atoms with Crippen LogP contribution in [0.5, 0.6) is 0 Å². The first kappa shape index (κ1) is 13.7. The summed E-state index contributed by atoms with van der Waals surface area (Å²) in [7, 11) is 1.99. The summed E-state index contributed by atoms with van der Waals surface area (Å²) < 4.78 is 0. The molecule has 0 spiro atoms. The van der Waals surface area contributed by atoms with Crippen LogP contribution in [0.4, 0.5) is 5.69 Å². The summed E-state index contributed by atoms with van der Waals surface area (Å²) in [5.41, 5.74) is 4.40. The Morgan fingerprint density at radius 3 is 2.53 bits per heavy atom. The Labute approximate surface area is 104 Å². The summed E-state index contributed by atoms with van der Waals surface area (Å²) in [6, 6.07) is 10.1. The van der Waals surface area contributed by atoms with Gasteiger partial charge in [-0.2, -0.15) is 0 Å². The maximum Gasteiger partial charge on any atom is 0.135 e. The molecule has 94 valence electrons. The quantitative estimate of drug-likeness (QED) is 0.581. The largest absolute Gasteiger partial charge is 0.312 e. The van der Waals surface area contributed by atoms with Crippen LogP contribution in [0.1, 0.15) is 26.7 Å². The molecule has 0 radical (unpaired) electrons. The maximum atomic E-state index is 11.4. The van der Waals surface area contributed by atoms with Gasteiger partial charge in [-0.3, -0.25) is 4.79 Å². The number of ketones is 1. The third kappa shape index (κ3) is 5.00. The summed E-state index contributed by atoms with van der Waals surface area (Å²) in [6.07, 6.45) is 1.54.